The van der Waals surface area contributed by atoms with Gasteiger partial charge in [0.2, 0.25) is 5.91 Å². The van der Waals surface area contributed by atoms with Gasteiger partial charge in [-0.1, -0.05) is 0 Å². The summed E-state index contributed by atoms with van der Waals surface area (Å²) in [6, 6.07) is 0. The highest BCUT2D eigenvalue weighted by atomic mass is 16.2. The molecular formula is C8H11N5O. The van der Waals surface area contributed by atoms with Gasteiger partial charge in [-0.05, 0) is 0 Å². The molecule has 3 N–H and O–H groups in total. The maximum atomic E-state index is 11.1. The van der Waals surface area contributed by atoms with E-state index in [4.69, 9.17) is 5.73 Å². The van der Waals surface area contributed by atoms with E-state index < -0.39 is 0 Å². The molecule has 0 aliphatic carbocycles. The molecule has 6 heteroatoms. The standard InChI is InChI=1S/C8H11N5O/c9-6-3-10-4-7(12-6)13-2-1-11-8(14)5-13/h3-4H,1-2,5H2,(H2,9,12)(H,11,14). The normalized spacial score (nSPS) is 16.6. The number of hydrogen-bond donors (Lipinski definition) is 2. The number of carbonyl (C=O) groups excluding carboxylic acids is 1. The smallest absolute Gasteiger partial charge is 0.239 e. The maximum Gasteiger partial charge on any atom is 0.239 e. The Hall–Kier alpha value is -1.85. The van der Waals surface area contributed by atoms with E-state index in [0.29, 0.717) is 24.7 Å². The van der Waals surface area contributed by atoms with Crippen molar-refractivity contribution in [1.29, 1.82) is 0 Å². The third-order valence-corrected chi connectivity index (χ3v) is 2.00. The molecule has 0 atom stereocenters. The van der Waals surface area contributed by atoms with E-state index in [9.17, 15) is 4.79 Å². The quantitative estimate of drug-likeness (QED) is 0.597. The van der Waals surface area contributed by atoms with E-state index in [1.807, 2.05) is 4.90 Å². The summed E-state index contributed by atoms with van der Waals surface area (Å²) in [5.41, 5.74) is 5.50. The van der Waals surface area contributed by atoms with Crippen LogP contribution >= 0.6 is 0 Å². The Kier molecular flexibility index (Phi) is 2.18. The summed E-state index contributed by atoms with van der Waals surface area (Å²) in [5, 5.41) is 2.74. The van der Waals surface area contributed by atoms with Crippen LogP contribution in [0, 0.1) is 0 Å². The van der Waals surface area contributed by atoms with Crippen molar-refractivity contribution in [3.8, 4) is 0 Å². The van der Waals surface area contributed by atoms with Crippen molar-refractivity contribution in [2.45, 2.75) is 0 Å². The first-order valence-electron chi connectivity index (χ1n) is 4.35. The van der Waals surface area contributed by atoms with Crippen LogP contribution in [0.4, 0.5) is 11.6 Å². The number of rotatable bonds is 1. The number of nitrogens with one attached hydrogen (secondary N) is 1. The van der Waals surface area contributed by atoms with Crippen molar-refractivity contribution < 1.29 is 4.79 Å². The lowest BCUT2D eigenvalue weighted by molar-refractivity contribution is -0.120. The van der Waals surface area contributed by atoms with Gasteiger partial charge < -0.3 is 16.0 Å². The molecule has 0 radical (unpaired) electrons. The van der Waals surface area contributed by atoms with Gasteiger partial charge in [0.05, 0.1) is 18.9 Å². The van der Waals surface area contributed by atoms with E-state index in [1.54, 1.807) is 6.20 Å². The largest absolute Gasteiger partial charge is 0.382 e. The Morgan fingerprint density at radius 3 is 3.07 bits per heavy atom. The number of amides is 1. The molecule has 1 saturated heterocycles. The van der Waals surface area contributed by atoms with Gasteiger partial charge in [0.25, 0.3) is 0 Å². The first kappa shape index (κ1) is 8.74. The van der Waals surface area contributed by atoms with E-state index in [2.05, 4.69) is 15.3 Å². The molecule has 0 spiro atoms. The van der Waals surface area contributed by atoms with E-state index >= 15 is 0 Å². The zero-order valence-corrected chi connectivity index (χ0v) is 7.60. The lowest BCUT2D eigenvalue weighted by Crippen LogP contribution is -2.48. The van der Waals surface area contributed by atoms with E-state index in [-0.39, 0.29) is 5.91 Å². The molecule has 1 aromatic heterocycles. The fourth-order valence-electron chi connectivity index (χ4n) is 1.36. The summed E-state index contributed by atoms with van der Waals surface area (Å²) in [4.78, 5) is 21.0. The molecule has 1 fully saturated rings. The molecule has 1 amide bonds. The monoisotopic (exact) mass is 193 g/mol. The zero-order valence-electron chi connectivity index (χ0n) is 7.60. The third kappa shape index (κ3) is 1.73. The number of nitrogens with zero attached hydrogens (tertiary/aromatic N) is 3. The molecule has 0 aromatic carbocycles. The van der Waals surface area contributed by atoms with Crippen LogP contribution in [-0.4, -0.2) is 35.5 Å². The third-order valence-electron chi connectivity index (χ3n) is 2.00. The number of nitrogen functional groups attached to an aromatic ring is 1. The van der Waals surface area contributed by atoms with Crippen molar-refractivity contribution >= 4 is 17.5 Å². The second kappa shape index (κ2) is 3.49. The molecule has 2 rings (SSSR count). The number of hydrogen-bond acceptors (Lipinski definition) is 5. The number of anilines is 2. The van der Waals surface area contributed by atoms with Gasteiger partial charge in [-0.15, -0.1) is 0 Å². The SMILES string of the molecule is Nc1cncc(N2CCNC(=O)C2)n1. The van der Waals surface area contributed by atoms with Crippen LogP contribution < -0.4 is 16.0 Å². The summed E-state index contributed by atoms with van der Waals surface area (Å²) in [6.45, 7) is 1.69. The summed E-state index contributed by atoms with van der Waals surface area (Å²) in [6.07, 6.45) is 3.09. The van der Waals surface area contributed by atoms with Crippen LogP contribution in [0.2, 0.25) is 0 Å². The topological polar surface area (TPSA) is 84.1 Å². The fraction of sp³-hybridized carbons (Fsp3) is 0.375. The Labute approximate surface area is 81.1 Å². The Balaban J connectivity index is 2.17. The molecule has 0 unspecified atom stereocenters. The highest BCUT2D eigenvalue weighted by Crippen LogP contribution is 2.10. The van der Waals surface area contributed by atoms with Crippen LogP contribution in [-0.2, 0) is 4.79 Å². The van der Waals surface area contributed by atoms with Crippen molar-refractivity contribution in [2.24, 2.45) is 0 Å². The van der Waals surface area contributed by atoms with Gasteiger partial charge in [-0.25, -0.2) is 4.98 Å². The minimum atomic E-state index is 0.000439. The van der Waals surface area contributed by atoms with Crippen molar-refractivity contribution in [3.63, 3.8) is 0 Å². The summed E-state index contributed by atoms with van der Waals surface area (Å²) >= 11 is 0. The van der Waals surface area contributed by atoms with Crippen LogP contribution in [0.3, 0.4) is 0 Å². The van der Waals surface area contributed by atoms with E-state index in [1.165, 1.54) is 6.20 Å². The predicted molar refractivity (Wildman–Crippen MR) is 51.7 cm³/mol. The highest BCUT2D eigenvalue weighted by Gasteiger charge is 2.17. The molecule has 1 aromatic rings. The number of nitrogens with two attached hydrogens (primary N) is 1. The maximum absolute atomic E-state index is 11.1. The van der Waals surface area contributed by atoms with E-state index in [0.717, 1.165) is 6.54 Å². The van der Waals surface area contributed by atoms with Gasteiger partial charge in [-0.2, -0.15) is 0 Å². The molecular weight excluding hydrogens is 182 g/mol. The Morgan fingerprint density at radius 1 is 1.50 bits per heavy atom. The van der Waals surface area contributed by atoms with Gasteiger partial charge in [0.15, 0.2) is 0 Å². The number of carbonyl (C=O) groups is 1. The number of aromatic nitrogens is 2. The Bertz CT molecular complexity index is 353. The summed E-state index contributed by atoms with van der Waals surface area (Å²) in [7, 11) is 0. The van der Waals surface area contributed by atoms with Gasteiger partial charge >= 0.3 is 0 Å². The molecule has 1 aliphatic rings. The average molecular weight is 193 g/mol. The lowest BCUT2D eigenvalue weighted by atomic mass is 10.3. The molecule has 6 nitrogen and oxygen atoms in total. The van der Waals surface area contributed by atoms with Crippen molar-refractivity contribution in [1.82, 2.24) is 15.3 Å². The first-order valence-corrected chi connectivity index (χ1v) is 4.35. The highest BCUT2D eigenvalue weighted by molar-refractivity contribution is 5.82. The molecule has 0 saturated carbocycles. The second-order valence-electron chi connectivity index (χ2n) is 3.07. The molecule has 74 valence electrons. The van der Waals surface area contributed by atoms with Crippen LogP contribution in [0.5, 0.6) is 0 Å². The predicted octanol–water partition coefficient (Wildman–Crippen LogP) is -1.00. The van der Waals surface area contributed by atoms with Gasteiger partial charge in [-0.3, -0.25) is 9.78 Å². The zero-order chi connectivity index (χ0) is 9.97. The van der Waals surface area contributed by atoms with Crippen molar-refractivity contribution in [3.05, 3.63) is 12.4 Å². The lowest BCUT2D eigenvalue weighted by Gasteiger charge is -2.27. The summed E-state index contributed by atoms with van der Waals surface area (Å²) in [5.74, 6) is 1.02. The second-order valence-corrected chi connectivity index (χ2v) is 3.07. The molecule has 2 heterocycles. The van der Waals surface area contributed by atoms with Crippen LogP contribution in [0.25, 0.3) is 0 Å². The fourth-order valence-corrected chi connectivity index (χ4v) is 1.36. The first-order chi connectivity index (χ1) is 6.75. The average Bonchev–Trinajstić information content (AvgIpc) is 2.18. The molecule has 14 heavy (non-hydrogen) atoms. The van der Waals surface area contributed by atoms with Crippen LogP contribution in [0.1, 0.15) is 0 Å². The molecule has 0 bridgehead atoms. The van der Waals surface area contributed by atoms with Crippen LogP contribution in [0.15, 0.2) is 12.4 Å². The van der Waals surface area contributed by atoms with Gasteiger partial charge in [0, 0.05) is 13.1 Å². The van der Waals surface area contributed by atoms with Crippen molar-refractivity contribution in [2.75, 3.05) is 30.3 Å². The van der Waals surface area contributed by atoms with Gasteiger partial charge in [0.1, 0.15) is 11.6 Å². The number of piperazine rings is 1. The minimum Gasteiger partial charge on any atom is -0.382 e. The Morgan fingerprint density at radius 2 is 2.36 bits per heavy atom. The molecule has 1 aliphatic heterocycles. The minimum absolute atomic E-state index is 0.000439. The summed E-state index contributed by atoms with van der Waals surface area (Å²) < 4.78 is 0.